The van der Waals surface area contributed by atoms with E-state index >= 15 is 0 Å². The molecular weight excluding hydrogens is 536 g/mol. The molecule has 0 saturated carbocycles. The van der Waals surface area contributed by atoms with E-state index in [9.17, 15) is 14.7 Å². The van der Waals surface area contributed by atoms with Crippen molar-refractivity contribution >= 4 is 23.1 Å². The number of nitrogens with one attached hydrogen (secondary N) is 1. The fourth-order valence-electron chi connectivity index (χ4n) is 4.26. The number of carbonyl (C=O) groups is 2. The summed E-state index contributed by atoms with van der Waals surface area (Å²) in [5.74, 6) is 0.454. The highest BCUT2D eigenvalue weighted by molar-refractivity contribution is 5.94. The second-order valence-corrected chi connectivity index (χ2v) is 12.0. The van der Waals surface area contributed by atoms with Crippen LogP contribution in [0.2, 0.25) is 0 Å². The second kappa shape index (κ2) is 12.2. The maximum absolute atomic E-state index is 12.8. The summed E-state index contributed by atoms with van der Waals surface area (Å²) in [5.41, 5.74) is 3.29. The quantitative estimate of drug-likeness (QED) is 0.270. The molecule has 0 aliphatic rings. The highest BCUT2D eigenvalue weighted by Gasteiger charge is 2.23. The summed E-state index contributed by atoms with van der Waals surface area (Å²) in [7, 11) is 0. The Morgan fingerprint density at radius 1 is 0.952 bits per heavy atom. The third-order valence-electron chi connectivity index (χ3n) is 6.04. The molecule has 0 bridgehead atoms. The number of rotatable bonds is 7. The van der Waals surface area contributed by atoms with Gasteiger partial charge in [0, 0.05) is 16.5 Å². The van der Waals surface area contributed by atoms with Gasteiger partial charge >= 0.3 is 12.2 Å². The molecule has 4 aromatic rings. The number of aromatic nitrogens is 3. The van der Waals surface area contributed by atoms with E-state index in [1.54, 1.807) is 27.0 Å². The van der Waals surface area contributed by atoms with E-state index in [0.29, 0.717) is 17.0 Å². The van der Waals surface area contributed by atoms with E-state index in [1.165, 1.54) is 4.68 Å². The second-order valence-electron chi connectivity index (χ2n) is 12.0. The Kier molecular flexibility index (Phi) is 8.86. The molecule has 2 aromatic carbocycles. The first-order valence-corrected chi connectivity index (χ1v) is 13.8. The van der Waals surface area contributed by atoms with Crippen LogP contribution in [-0.4, -0.2) is 62.5 Å². The maximum Gasteiger partial charge on any atom is 0.435 e. The predicted octanol–water partition coefficient (Wildman–Crippen LogP) is 6.12. The zero-order valence-electron chi connectivity index (χ0n) is 25.1. The van der Waals surface area contributed by atoms with Crippen molar-refractivity contribution in [2.24, 2.45) is 0 Å². The molecule has 0 aliphatic carbocycles. The lowest BCUT2D eigenvalue weighted by Gasteiger charge is -2.23. The fraction of sp³-hybridized carbons (Fsp3) is 0.375. The Morgan fingerprint density at radius 3 is 2.29 bits per heavy atom. The number of ether oxygens (including phenoxy) is 3. The molecule has 10 heteroatoms. The first kappa shape index (κ1) is 30.5. The third kappa shape index (κ3) is 7.64. The smallest absolute Gasteiger partial charge is 0.435 e. The van der Waals surface area contributed by atoms with Crippen LogP contribution in [0.1, 0.15) is 47.2 Å². The maximum atomic E-state index is 12.8. The molecule has 0 radical (unpaired) electrons. The summed E-state index contributed by atoms with van der Waals surface area (Å²) in [6.07, 6.45) is 0.422. The van der Waals surface area contributed by atoms with Crippen molar-refractivity contribution in [2.75, 3.05) is 13.2 Å². The van der Waals surface area contributed by atoms with Gasteiger partial charge in [0.2, 0.25) is 0 Å². The lowest BCUT2D eigenvalue weighted by atomic mass is 9.98. The van der Waals surface area contributed by atoms with Gasteiger partial charge in [-0.15, -0.1) is 0 Å². The third-order valence-corrected chi connectivity index (χ3v) is 6.04. The first-order chi connectivity index (χ1) is 19.7. The number of carbonyl (C=O) groups excluding carboxylic acids is 2. The Bertz CT molecular complexity index is 1570. The lowest BCUT2D eigenvalue weighted by Crippen LogP contribution is -2.44. The molecule has 2 aromatic heterocycles. The summed E-state index contributed by atoms with van der Waals surface area (Å²) >= 11 is 0. The van der Waals surface area contributed by atoms with Crippen molar-refractivity contribution in [2.45, 2.75) is 65.7 Å². The van der Waals surface area contributed by atoms with Gasteiger partial charge in [0.05, 0.1) is 35.8 Å². The van der Waals surface area contributed by atoms with Gasteiger partial charge in [-0.3, -0.25) is 4.98 Å². The number of aliphatic hydroxyl groups excluding tert-OH is 1. The minimum absolute atomic E-state index is 0.00233. The summed E-state index contributed by atoms with van der Waals surface area (Å²) in [6.45, 7) is 12.2. The molecule has 0 spiro atoms. The van der Waals surface area contributed by atoms with E-state index in [-0.39, 0.29) is 13.2 Å². The van der Waals surface area contributed by atoms with Gasteiger partial charge in [-0.1, -0.05) is 36.4 Å². The van der Waals surface area contributed by atoms with Crippen LogP contribution in [0.5, 0.6) is 5.75 Å². The Hall–Kier alpha value is -4.44. The molecule has 1 atom stereocenters. The van der Waals surface area contributed by atoms with E-state index in [0.717, 1.165) is 27.8 Å². The lowest BCUT2D eigenvalue weighted by molar-refractivity contribution is 0.0456. The van der Waals surface area contributed by atoms with Crippen LogP contribution in [0.3, 0.4) is 0 Å². The minimum atomic E-state index is -0.685. The first-order valence-electron chi connectivity index (χ1n) is 13.8. The highest BCUT2D eigenvalue weighted by atomic mass is 16.6. The van der Waals surface area contributed by atoms with E-state index < -0.39 is 29.4 Å². The zero-order valence-corrected chi connectivity index (χ0v) is 25.1. The molecule has 0 aliphatic heterocycles. The molecule has 0 saturated heterocycles. The summed E-state index contributed by atoms with van der Waals surface area (Å²) in [4.78, 5) is 29.7. The number of nitrogens with zero attached hydrogens (tertiary/aromatic N) is 3. The molecule has 42 heavy (non-hydrogen) atoms. The number of amides is 1. The van der Waals surface area contributed by atoms with Gasteiger partial charge in [0.15, 0.2) is 0 Å². The monoisotopic (exact) mass is 574 g/mol. The van der Waals surface area contributed by atoms with Crippen molar-refractivity contribution in [1.29, 1.82) is 0 Å². The highest BCUT2D eigenvalue weighted by Crippen LogP contribution is 2.35. The van der Waals surface area contributed by atoms with Crippen molar-refractivity contribution in [3.05, 3.63) is 66.5 Å². The van der Waals surface area contributed by atoms with Gasteiger partial charge in [0.1, 0.15) is 23.6 Å². The Balaban J connectivity index is 1.67. The zero-order chi connectivity index (χ0) is 30.7. The minimum Gasteiger partial charge on any atom is -0.490 e. The number of alkyl carbamates (subject to hydrolysis) is 1. The average molecular weight is 575 g/mol. The van der Waals surface area contributed by atoms with Gasteiger partial charge < -0.3 is 24.6 Å². The Labute approximate surface area is 245 Å². The molecule has 2 N–H and O–H groups in total. The van der Waals surface area contributed by atoms with Crippen LogP contribution < -0.4 is 10.1 Å². The largest absolute Gasteiger partial charge is 0.490 e. The fourth-order valence-corrected chi connectivity index (χ4v) is 4.26. The predicted molar refractivity (Wildman–Crippen MR) is 161 cm³/mol. The van der Waals surface area contributed by atoms with Crippen molar-refractivity contribution in [3.8, 4) is 28.1 Å². The van der Waals surface area contributed by atoms with Crippen LogP contribution in [0.4, 0.5) is 9.59 Å². The number of pyridine rings is 1. The molecular formula is C32H38N4O6. The van der Waals surface area contributed by atoms with Crippen molar-refractivity contribution in [3.63, 3.8) is 0 Å². The molecule has 222 valence electrons. The standard InChI is InChI=1S/C32H38N4O6/c1-20-25-15-22(13-14-27(25)36(35-20)30(39)42-32(5,6)7)26-16-24(17-33-28(26)21-11-9-8-10-12-21)40-19-23(18-37)34-29(38)41-31(2,3)4/h8-17,23,37H,18-19H2,1-7H3,(H,34,38)/t23-/m1/s1. The number of aryl methyl sites for hydroxylation is 1. The van der Waals surface area contributed by atoms with E-state index in [4.69, 9.17) is 19.2 Å². The van der Waals surface area contributed by atoms with Gasteiger partial charge in [-0.25, -0.2) is 9.59 Å². The SMILES string of the molecule is Cc1nn(C(=O)OC(C)(C)C)c2ccc(-c3cc(OC[C@@H](CO)NC(=O)OC(C)(C)C)cnc3-c3ccccc3)cc12. The number of fused-ring (bicyclic) bond motifs is 1. The van der Waals surface area contributed by atoms with Crippen LogP contribution >= 0.6 is 0 Å². The molecule has 0 fully saturated rings. The summed E-state index contributed by atoms with van der Waals surface area (Å²) in [5, 5.41) is 17.7. The Morgan fingerprint density at radius 2 is 1.64 bits per heavy atom. The van der Waals surface area contributed by atoms with Crippen LogP contribution in [0.25, 0.3) is 33.3 Å². The van der Waals surface area contributed by atoms with Crippen molar-refractivity contribution < 1.29 is 28.9 Å². The number of aliphatic hydroxyl groups is 1. The topological polar surface area (TPSA) is 125 Å². The number of hydrogen-bond acceptors (Lipinski definition) is 8. The normalized spacial score (nSPS) is 12.6. The molecule has 2 heterocycles. The van der Waals surface area contributed by atoms with Crippen LogP contribution in [0.15, 0.2) is 60.8 Å². The molecule has 0 unspecified atom stereocenters. The number of benzene rings is 2. The van der Waals surface area contributed by atoms with E-state index in [1.807, 2.05) is 82.3 Å². The molecule has 1 amide bonds. The van der Waals surface area contributed by atoms with Crippen LogP contribution in [-0.2, 0) is 9.47 Å². The molecule has 4 rings (SSSR count). The van der Waals surface area contributed by atoms with Crippen LogP contribution in [0, 0.1) is 6.92 Å². The van der Waals surface area contributed by atoms with E-state index in [2.05, 4.69) is 10.4 Å². The number of hydrogen-bond donors (Lipinski definition) is 2. The van der Waals surface area contributed by atoms with Gasteiger partial charge in [-0.2, -0.15) is 9.78 Å². The summed E-state index contributed by atoms with van der Waals surface area (Å²) in [6, 6.07) is 16.7. The molecule has 10 nitrogen and oxygen atoms in total. The summed E-state index contributed by atoms with van der Waals surface area (Å²) < 4.78 is 18.1. The van der Waals surface area contributed by atoms with Gasteiger partial charge in [0.25, 0.3) is 0 Å². The van der Waals surface area contributed by atoms with Crippen molar-refractivity contribution in [1.82, 2.24) is 20.1 Å². The van der Waals surface area contributed by atoms with Gasteiger partial charge in [-0.05, 0) is 72.2 Å². The average Bonchev–Trinajstić information content (AvgIpc) is 3.25.